The number of rotatable bonds is 9. The van der Waals surface area contributed by atoms with Crippen LogP contribution in [-0.4, -0.2) is 51.7 Å². The van der Waals surface area contributed by atoms with Crippen LogP contribution in [0.15, 0.2) is 60.7 Å². The summed E-state index contributed by atoms with van der Waals surface area (Å²) in [5.74, 6) is 3.26. The number of phenols is 2. The number of ether oxygens (including phenoxy) is 4. The van der Waals surface area contributed by atoms with Crippen molar-refractivity contribution in [1.82, 2.24) is 0 Å². The van der Waals surface area contributed by atoms with Gasteiger partial charge in [-0.05, 0) is 70.8 Å². The molecule has 8 heteroatoms. The van der Waals surface area contributed by atoms with Crippen molar-refractivity contribution in [2.45, 2.75) is 37.8 Å². The summed E-state index contributed by atoms with van der Waals surface area (Å²) in [5.41, 5.74) is 8.46. The number of methoxy groups -OCH3 is 4. The molecule has 6 rings (SSSR count). The van der Waals surface area contributed by atoms with Gasteiger partial charge in [0.15, 0.2) is 23.0 Å². The van der Waals surface area contributed by atoms with Crippen LogP contribution < -0.4 is 29.6 Å². The Hall–Kier alpha value is -4.40. The van der Waals surface area contributed by atoms with Gasteiger partial charge in [-0.15, -0.1) is 0 Å². The van der Waals surface area contributed by atoms with Gasteiger partial charge in [-0.1, -0.05) is 12.1 Å². The third-order valence-electron chi connectivity index (χ3n) is 9.14. The van der Waals surface area contributed by atoms with Crippen LogP contribution in [0.4, 0.5) is 0 Å². The summed E-state index contributed by atoms with van der Waals surface area (Å²) >= 11 is 0. The van der Waals surface area contributed by atoms with E-state index in [1.165, 1.54) is 22.3 Å². The molecule has 6 N–H and O–H groups in total. The van der Waals surface area contributed by atoms with Crippen LogP contribution in [0.25, 0.3) is 11.1 Å². The van der Waals surface area contributed by atoms with E-state index in [0.717, 1.165) is 72.9 Å². The molecule has 0 unspecified atom stereocenters. The lowest BCUT2D eigenvalue weighted by atomic mass is 9.88. The maximum absolute atomic E-state index is 11.0. The van der Waals surface area contributed by atoms with Crippen LogP contribution in [0.3, 0.4) is 0 Å². The number of fused-ring (bicyclic) bond motifs is 2. The molecule has 2 heterocycles. The number of benzene rings is 4. The predicted molar refractivity (Wildman–Crippen MR) is 168 cm³/mol. The number of hydrogen-bond acceptors (Lipinski definition) is 6. The minimum absolute atomic E-state index is 0.145. The number of hydrogen-bond donors (Lipinski definition) is 4. The fourth-order valence-corrected chi connectivity index (χ4v) is 6.88. The predicted octanol–water partition coefficient (Wildman–Crippen LogP) is 3.61. The Morgan fingerprint density at radius 3 is 1.34 bits per heavy atom. The zero-order valence-corrected chi connectivity index (χ0v) is 25.9. The highest BCUT2D eigenvalue weighted by Gasteiger charge is 2.28. The monoisotopic (exact) mass is 598 g/mol. The molecular weight excluding hydrogens is 556 g/mol. The highest BCUT2D eigenvalue weighted by atomic mass is 16.5. The Morgan fingerprint density at radius 2 is 0.955 bits per heavy atom. The topological polar surface area (TPSA) is 111 Å². The molecule has 0 radical (unpaired) electrons. The van der Waals surface area contributed by atoms with E-state index in [4.69, 9.17) is 18.9 Å². The Kier molecular flexibility index (Phi) is 8.55. The minimum atomic E-state index is 0.145. The number of phenolic OH excluding ortho intramolecular Hbond substituents is 2. The number of nitrogens with two attached hydrogens (primary N) is 2. The maximum Gasteiger partial charge on any atom is 0.161 e. The Morgan fingerprint density at radius 1 is 0.568 bits per heavy atom. The third kappa shape index (κ3) is 5.75. The summed E-state index contributed by atoms with van der Waals surface area (Å²) in [7, 11) is 6.66. The van der Waals surface area contributed by atoms with Crippen LogP contribution in [0.5, 0.6) is 34.5 Å². The molecule has 4 aromatic carbocycles. The molecule has 44 heavy (non-hydrogen) atoms. The molecule has 0 fully saturated rings. The van der Waals surface area contributed by atoms with Crippen LogP contribution in [0, 0.1) is 0 Å². The van der Waals surface area contributed by atoms with Crippen molar-refractivity contribution in [1.29, 1.82) is 0 Å². The highest BCUT2D eigenvalue weighted by Crippen LogP contribution is 2.40. The van der Waals surface area contributed by atoms with Crippen LogP contribution in [-0.2, 0) is 25.7 Å². The third-order valence-corrected chi connectivity index (χ3v) is 9.14. The molecule has 0 bridgehead atoms. The van der Waals surface area contributed by atoms with Crippen molar-refractivity contribution >= 4 is 0 Å². The SMILES string of the molecule is COc1cc2c(cc1OC)[C@H](Cc1ccc(O)c(-c3cc(C[C@@H]4[NH2+]CCc5cc(OC)c(OC)cc54)ccc3O)c1)[NH2+]CC2. The van der Waals surface area contributed by atoms with Gasteiger partial charge in [-0.25, -0.2) is 0 Å². The summed E-state index contributed by atoms with van der Waals surface area (Å²) in [6.07, 6.45) is 3.48. The molecule has 4 aromatic rings. The van der Waals surface area contributed by atoms with Gasteiger partial charge in [0.25, 0.3) is 0 Å². The van der Waals surface area contributed by atoms with Crippen molar-refractivity contribution in [2.24, 2.45) is 0 Å². The average Bonchev–Trinajstić information content (AvgIpc) is 3.05. The molecule has 0 saturated carbocycles. The molecule has 230 valence electrons. The molecule has 8 nitrogen and oxygen atoms in total. The highest BCUT2D eigenvalue weighted by molar-refractivity contribution is 5.76. The summed E-state index contributed by atoms with van der Waals surface area (Å²) in [6.45, 7) is 1.97. The molecule has 2 aliphatic heterocycles. The lowest BCUT2D eigenvalue weighted by molar-refractivity contribution is -0.699. The first-order valence-electron chi connectivity index (χ1n) is 15.2. The second kappa shape index (κ2) is 12.7. The first-order valence-corrected chi connectivity index (χ1v) is 15.2. The van der Waals surface area contributed by atoms with E-state index in [1.807, 2.05) is 24.3 Å². The zero-order valence-electron chi connectivity index (χ0n) is 25.9. The summed E-state index contributed by atoms with van der Waals surface area (Å²) in [5, 5.41) is 26.7. The van der Waals surface area contributed by atoms with E-state index >= 15 is 0 Å². The molecule has 0 saturated heterocycles. The summed E-state index contributed by atoms with van der Waals surface area (Å²) < 4.78 is 22.3. The van der Waals surface area contributed by atoms with Gasteiger partial charge in [0.1, 0.15) is 23.6 Å². The van der Waals surface area contributed by atoms with Gasteiger partial charge in [-0.3, -0.25) is 0 Å². The fourth-order valence-electron chi connectivity index (χ4n) is 6.88. The van der Waals surface area contributed by atoms with E-state index in [0.29, 0.717) is 11.1 Å². The van der Waals surface area contributed by atoms with Gasteiger partial charge in [0.05, 0.1) is 41.5 Å². The maximum atomic E-state index is 11.0. The van der Waals surface area contributed by atoms with E-state index in [2.05, 4.69) is 34.9 Å². The molecule has 2 aliphatic rings. The van der Waals surface area contributed by atoms with Crippen LogP contribution >= 0.6 is 0 Å². The van der Waals surface area contributed by atoms with Gasteiger partial charge in [0, 0.05) is 47.9 Å². The second-order valence-electron chi connectivity index (χ2n) is 11.7. The largest absolute Gasteiger partial charge is 0.507 e. The molecule has 2 atom stereocenters. The van der Waals surface area contributed by atoms with E-state index < -0.39 is 0 Å². The van der Waals surface area contributed by atoms with E-state index in [-0.39, 0.29) is 23.6 Å². The van der Waals surface area contributed by atoms with Crippen molar-refractivity contribution in [3.63, 3.8) is 0 Å². The Balaban J connectivity index is 1.28. The number of quaternary nitrogens is 2. The molecule has 0 aliphatic carbocycles. The van der Waals surface area contributed by atoms with Crippen molar-refractivity contribution in [2.75, 3.05) is 41.5 Å². The molecular formula is C36H42N2O6+2. The van der Waals surface area contributed by atoms with Crippen molar-refractivity contribution in [3.05, 3.63) is 94.0 Å². The molecule has 0 amide bonds. The van der Waals surface area contributed by atoms with Gasteiger partial charge >= 0.3 is 0 Å². The standard InChI is InChI=1S/C36H40N2O6/c1-41-33-17-23-9-11-37-29(25(23)19-35(33)43-3)15-21-5-7-31(39)27(13-21)28-14-22(6-8-32(28)40)16-30-26-20-36(44-4)34(42-2)18-24(26)10-12-38-30/h5-8,13-14,17-20,29-30,37-40H,9-12,15-16H2,1-4H3/p+2/t29-,30-/m0/s1. The molecule has 0 aromatic heterocycles. The normalized spacial score (nSPS) is 17.4. The Bertz CT molecular complexity index is 1550. The van der Waals surface area contributed by atoms with E-state index in [1.54, 1.807) is 40.6 Å². The van der Waals surface area contributed by atoms with Gasteiger partial charge in [0.2, 0.25) is 0 Å². The van der Waals surface area contributed by atoms with Crippen LogP contribution in [0.2, 0.25) is 0 Å². The van der Waals surface area contributed by atoms with Crippen LogP contribution in [0.1, 0.15) is 45.5 Å². The van der Waals surface area contributed by atoms with Gasteiger partial charge < -0.3 is 39.8 Å². The second-order valence-corrected chi connectivity index (χ2v) is 11.7. The number of aromatic hydroxyl groups is 2. The first-order chi connectivity index (χ1) is 21.4. The fraction of sp³-hybridized carbons (Fsp3) is 0.333. The van der Waals surface area contributed by atoms with Gasteiger partial charge in [-0.2, -0.15) is 0 Å². The average molecular weight is 599 g/mol. The lowest BCUT2D eigenvalue weighted by Crippen LogP contribution is -2.87. The summed E-state index contributed by atoms with van der Waals surface area (Å²) in [4.78, 5) is 0. The smallest absolute Gasteiger partial charge is 0.161 e. The zero-order chi connectivity index (χ0) is 30.8. The van der Waals surface area contributed by atoms with Crippen molar-refractivity contribution < 1.29 is 39.8 Å². The Labute approximate surface area is 258 Å². The first kappa shape index (κ1) is 29.7. The molecule has 0 spiro atoms. The summed E-state index contributed by atoms with van der Waals surface area (Å²) in [6, 6.07) is 20.2. The van der Waals surface area contributed by atoms with Crippen molar-refractivity contribution in [3.8, 4) is 45.6 Å². The van der Waals surface area contributed by atoms with E-state index in [9.17, 15) is 10.2 Å². The quantitative estimate of drug-likeness (QED) is 0.234. The minimum Gasteiger partial charge on any atom is -0.507 e. The lowest BCUT2D eigenvalue weighted by Gasteiger charge is -2.26.